The highest BCUT2D eigenvalue weighted by Crippen LogP contribution is 2.25. The van der Waals surface area contributed by atoms with E-state index >= 15 is 0 Å². The Morgan fingerprint density at radius 3 is 2.53 bits per heavy atom. The molecule has 2 unspecified atom stereocenters. The average Bonchev–Trinajstić information content (AvgIpc) is 2.24. The average molecular weight is 268 g/mol. The van der Waals surface area contributed by atoms with E-state index < -0.39 is 11.7 Å². The Morgan fingerprint density at radius 2 is 2.00 bits per heavy atom. The molecule has 6 nitrogen and oxygen atoms in total. The standard InChI is InChI=1S/C13H20N2O4/c1-13(2,3)19-12(18)14-7-9-5-4-6-10(8-14)15(9)11(16)17/h4-5,9-10H,6-8H2,1-3H3,(H,16,17). The van der Waals surface area contributed by atoms with Gasteiger partial charge in [-0.3, -0.25) is 4.90 Å². The molecule has 6 heteroatoms. The Labute approximate surface area is 112 Å². The van der Waals surface area contributed by atoms with Crippen molar-refractivity contribution < 1.29 is 19.4 Å². The summed E-state index contributed by atoms with van der Waals surface area (Å²) in [6.45, 7) is 6.20. The van der Waals surface area contributed by atoms with Crippen molar-refractivity contribution >= 4 is 12.2 Å². The van der Waals surface area contributed by atoms with Gasteiger partial charge in [-0.15, -0.1) is 0 Å². The number of fused-ring (bicyclic) bond motifs is 2. The van der Waals surface area contributed by atoms with Gasteiger partial charge in [0, 0.05) is 13.1 Å². The van der Waals surface area contributed by atoms with E-state index in [1.807, 2.05) is 32.9 Å². The molecule has 0 saturated carbocycles. The van der Waals surface area contributed by atoms with Crippen molar-refractivity contribution in [2.45, 2.75) is 44.9 Å². The summed E-state index contributed by atoms with van der Waals surface area (Å²) >= 11 is 0. The van der Waals surface area contributed by atoms with Crippen molar-refractivity contribution in [1.29, 1.82) is 0 Å². The third-order valence-corrected chi connectivity index (χ3v) is 3.23. The molecule has 106 valence electrons. The molecule has 0 spiro atoms. The second-order valence-corrected chi connectivity index (χ2v) is 5.96. The van der Waals surface area contributed by atoms with E-state index in [0.29, 0.717) is 19.5 Å². The SMILES string of the molecule is CC(C)(C)OC(=O)N1CC2C=CCC(C1)N2C(=O)O. The predicted octanol–water partition coefficient (Wildman–Crippen LogP) is 1.91. The van der Waals surface area contributed by atoms with Gasteiger partial charge in [0.15, 0.2) is 0 Å². The summed E-state index contributed by atoms with van der Waals surface area (Å²) in [6, 6.07) is -0.439. The third-order valence-electron chi connectivity index (χ3n) is 3.23. The summed E-state index contributed by atoms with van der Waals surface area (Å²) in [5.74, 6) is 0. The molecular formula is C13H20N2O4. The van der Waals surface area contributed by atoms with Crippen LogP contribution in [0, 0.1) is 0 Å². The zero-order valence-electron chi connectivity index (χ0n) is 11.5. The first-order chi connectivity index (χ1) is 8.78. The monoisotopic (exact) mass is 268 g/mol. The van der Waals surface area contributed by atoms with E-state index in [1.54, 1.807) is 4.90 Å². The maximum Gasteiger partial charge on any atom is 0.410 e. The highest BCUT2D eigenvalue weighted by molar-refractivity contribution is 5.71. The molecule has 0 aliphatic carbocycles. The van der Waals surface area contributed by atoms with Crippen LogP contribution in [-0.2, 0) is 4.74 Å². The smallest absolute Gasteiger partial charge is 0.410 e. The minimum atomic E-state index is -0.928. The molecule has 2 amide bonds. The number of ether oxygens (including phenoxy) is 1. The number of nitrogens with zero attached hydrogens (tertiary/aromatic N) is 2. The van der Waals surface area contributed by atoms with Crippen LogP contribution in [0.4, 0.5) is 9.59 Å². The number of rotatable bonds is 0. The van der Waals surface area contributed by atoms with Crippen LogP contribution in [0.2, 0.25) is 0 Å². The minimum Gasteiger partial charge on any atom is -0.465 e. The maximum atomic E-state index is 12.0. The summed E-state index contributed by atoms with van der Waals surface area (Å²) in [4.78, 5) is 26.3. The number of hydrogen-bond donors (Lipinski definition) is 1. The molecule has 2 aliphatic heterocycles. The van der Waals surface area contributed by atoms with E-state index in [1.165, 1.54) is 4.90 Å². The minimum absolute atomic E-state index is 0.172. The summed E-state index contributed by atoms with van der Waals surface area (Å²) in [7, 11) is 0. The Balaban J connectivity index is 2.08. The highest BCUT2D eigenvalue weighted by Gasteiger charge is 2.40. The fraction of sp³-hybridized carbons (Fsp3) is 0.692. The lowest BCUT2D eigenvalue weighted by Crippen LogP contribution is -2.62. The quantitative estimate of drug-likeness (QED) is 0.681. The molecule has 2 rings (SSSR count). The number of piperazine rings is 1. The van der Waals surface area contributed by atoms with E-state index in [-0.39, 0.29) is 18.2 Å². The van der Waals surface area contributed by atoms with Gasteiger partial charge in [0.2, 0.25) is 0 Å². The van der Waals surface area contributed by atoms with Gasteiger partial charge in [-0.25, -0.2) is 9.59 Å². The van der Waals surface area contributed by atoms with Crippen molar-refractivity contribution in [2.24, 2.45) is 0 Å². The number of hydrogen-bond acceptors (Lipinski definition) is 3. The highest BCUT2D eigenvalue weighted by atomic mass is 16.6. The molecule has 1 fully saturated rings. The van der Waals surface area contributed by atoms with Crippen LogP contribution < -0.4 is 0 Å². The van der Waals surface area contributed by atoms with Crippen LogP contribution >= 0.6 is 0 Å². The van der Waals surface area contributed by atoms with Crippen molar-refractivity contribution in [2.75, 3.05) is 13.1 Å². The van der Waals surface area contributed by atoms with Gasteiger partial charge in [0.1, 0.15) is 5.60 Å². The predicted molar refractivity (Wildman–Crippen MR) is 69.0 cm³/mol. The van der Waals surface area contributed by atoms with Crippen molar-refractivity contribution in [1.82, 2.24) is 9.80 Å². The second-order valence-electron chi connectivity index (χ2n) is 5.96. The Bertz CT molecular complexity index is 413. The number of carboxylic acid groups (broad SMARTS) is 1. The van der Waals surface area contributed by atoms with Gasteiger partial charge in [0.05, 0.1) is 12.1 Å². The molecular weight excluding hydrogens is 248 g/mol. The zero-order valence-corrected chi connectivity index (χ0v) is 11.5. The molecule has 1 saturated heterocycles. The molecule has 2 atom stereocenters. The van der Waals surface area contributed by atoms with Gasteiger partial charge in [-0.05, 0) is 27.2 Å². The first-order valence-electron chi connectivity index (χ1n) is 6.44. The second kappa shape index (κ2) is 4.75. The summed E-state index contributed by atoms with van der Waals surface area (Å²) < 4.78 is 5.34. The van der Waals surface area contributed by atoms with Crippen molar-refractivity contribution in [3.8, 4) is 0 Å². The zero-order chi connectivity index (χ0) is 14.2. The lowest BCUT2D eigenvalue weighted by atomic mass is 9.98. The van der Waals surface area contributed by atoms with Crippen molar-refractivity contribution in [3.63, 3.8) is 0 Å². The van der Waals surface area contributed by atoms with Gasteiger partial charge < -0.3 is 14.7 Å². The third kappa shape index (κ3) is 3.00. The normalized spacial score (nSPS) is 26.3. The molecule has 0 aromatic carbocycles. The fourth-order valence-corrected chi connectivity index (χ4v) is 2.51. The molecule has 2 aliphatic rings. The molecule has 19 heavy (non-hydrogen) atoms. The van der Waals surface area contributed by atoms with E-state index in [0.717, 1.165) is 0 Å². The fourth-order valence-electron chi connectivity index (χ4n) is 2.51. The van der Waals surface area contributed by atoms with E-state index in [4.69, 9.17) is 4.74 Å². The van der Waals surface area contributed by atoms with Crippen LogP contribution in [0.1, 0.15) is 27.2 Å². The Kier molecular flexibility index (Phi) is 3.43. The molecule has 0 aromatic rings. The maximum absolute atomic E-state index is 12.0. The van der Waals surface area contributed by atoms with Crippen LogP contribution in [0.25, 0.3) is 0 Å². The van der Waals surface area contributed by atoms with Gasteiger partial charge in [-0.1, -0.05) is 12.2 Å². The largest absolute Gasteiger partial charge is 0.465 e. The molecule has 2 heterocycles. The summed E-state index contributed by atoms with van der Waals surface area (Å²) in [6.07, 6.45) is 3.18. The summed E-state index contributed by atoms with van der Waals surface area (Å²) in [5.41, 5.74) is -0.536. The Hall–Kier alpha value is -1.72. The molecule has 0 radical (unpaired) electrons. The first kappa shape index (κ1) is 13.7. The molecule has 1 N–H and O–H groups in total. The molecule has 2 bridgehead atoms. The van der Waals surface area contributed by atoms with Crippen LogP contribution in [-0.4, -0.2) is 57.9 Å². The van der Waals surface area contributed by atoms with Crippen LogP contribution in [0.5, 0.6) is 0 Å². The van der Waals surface area contributed by atoms with Crippen LogP contribution in [0.15, 0.2) is 12.2 Å². The lowest BCUT2D eigenvalue weighted by Gasteiger charge is -2.46. The van der Waals surface area contributed by atoms with Gasteiger partial charge >= 0.3 is 12.2 Å². The summed E-state index contributed by atoms with van der Waals surface area (Å²) in [5, 5.41) is 9.21. The van der Waals surface area contributed by atoms with Crippen LogP contribution in [0.3, 0.4) is 0 Å². The van der Waals surface area contributed by atoms with Gasteiger partial charge in [0.25, 0.3) is 0 Å². The van der Waals surface area contributed by atoms with Gasteiger partial charge in [-0.2, -0.15) is 0 Å². The lowest BCUT2D eigenvalue weighted by molar-refractivity contribution is -0.00455. The number of amides is 2. The van der Waals surface area contributed by atoms with E-state index in [2.05, 4.69) is 0 Å². The molecule has 0 aromatic heterocycles. The van der Waals surface area contributed by atoms with E-state index in [9.17, 15) is 14.7 Å². The van der Waals surface area contributed by atoms with Crippen molar-refractivity contribution in [3.05, 3.63) is 12.2 Å². The Morgan fingerprint density at radius 1 is 1.32 bits per heavy atom. The topological polar surface area (TPSA) is 70.1 Å². The number of carbonyl (C=O) groups excluding carboxylic acids is 1. The first-order valence-corrected chi connectivity index (χ1v) is 6.44. The number of carbonyl (C=O) groups is 2.